The number of hydrogen-bond acceptors (Lipinski definition) is 7. The molecule has 3 rings (SSSR count). The van der Waals surface area contributed by atoms with Crippen LogP contribution in [0.4, 0.5) is 5.69 Å². The summed E-state index contributed by atoms with van der Waals surface area (Å²) >= 11 is 3.46. The summed E-state index contributed by atoms with van der Waals surface area (Å²) in [7, 11) is 0. The molecule has 176 valence electrons. The predicted molar refractivity (Wildman–Crippen MR) is 130 cm³/mol. The second kappa shape index (κ2) is 11.9. The summed E-state index contributed by atoms with van der Waals surface area (Å²) in [6, 6.07) is 18.1. The molecule has 3 aromatic rings. The van der Waals surface area contributed by atoms with E-state index in [0.717, 1.165) is 5.56 Å². The molecule has 0 aromatic heterocycles. The fourth-order valence-electron chi connectivity index (χ4n) is 2.95. The topological polar surface area (TPSA) is 123 Å². The Bertz CT molecular complexity index is 1170. The first-order valence-corrected chi connectivity index (χ1v) is 11.1. The van der Waals surface area contributed by atoms with Gasteiger partial charge in [-0.3, -0.25) is 14.9 Å². The lowest BCUT2D eigenvalue weighted by Crippen LogP contribution is -2.25. The highest BCUT2D eigenvalue weighted by Crippen LogP contribution is 2.37. The number of nitro groups is 1. The van der Waals surface area contributed by atoms with Crippen molar-refractivity contribution >= 4 is 33.7 Å². The van der Waals surface area contributed by atoms with Crippen molar-refractivity contribution in [3.63, 3.8) is 0 Å². The smallest absolute Gasteiger partial charge is 0.273 e. The van der Waals surface area contributed by atoms with Gasteiger partial charge in [0.15, 0.2) is 17.6 Å². The summed E-state index contributed by atoms with van der Waals surface area (Å²) in [4.78, 5) is 22.5. The Balaban J connectivity index is 1.68. The number of non-ortho nitro benzene ring substituents is 1. The van der Waals surface area contributed by atoms with Crippen molar-refractivity contribution in [3.8, 4) is 11.5 Å². The molecule has 0 radical (unpaired) electrons. The Morgan fingerprint density at radius 2 is 1.88 bits per heavy atom. The second-order valence-corrected chi connectivity index (χ2v) is 7.88. The van der Waals surface area contributed by atoms with Gasteiger partial charge in [-0.15, -0.1) is 0 Å². The SMILES string of the molecule is CCOc1cc(/C=N\NC(=O)[C@H](O)c2ccccc2)cc(Br)c1OCc1ccc([N+](=O)[O-])cc1. The van der Waals surface area contributed by atoms with Gasteiger partial charge in [0.2, 0.25) is 0 Å². The van der Waals surface area contributed by atoms with Crippen LogP contribution in [-0.4, -0.2) is 28.8 Å². The normalized spacial score (nSPS) is 11.7. The summed E-state index contributed by atoms with van der Waals surface area (Å²) in [5, 5.41) is 24.8. The molecule has 2 N–H and O–H groups in total. The van der Waals surface area contributed by atoms with Crippen LogP contribution in [0.5, 0.6) is 11.5 Å². The van der Waals surface area contributed by atoms with E-state index in [4.69, 9.17) is 9.47 Å². The standard InChI is InChI=1S/C24H22BrN3O6/c1-2-33-21-13-17(14-26-27-24(30)22(29)18-6-4-3-5-7-18)12-20(25)23(21)34-15-16-8-10-19(11-9-16)28(31)32/h3-14,22,29H,2,15H2,1H3,(H,27,30)/b26-14-/t22-/m1/s1. The van der Waals surface area contributed by atoms with E-state index in [1.165, 1.54) is 18.3 Å². The number of carbonyl (C=O) groups excluding carboxylic acids is 1. The Morgan fingerprint density at radius 3 is 2.53 bits per heavy atom. The van der Waals surface area contributed by atoms with E-state index in [1.54, 1.807) is 54.6 Å². The van der Waals surface area contributed by atoms with Crippen LogP contribution >= 0.6 is 15.9 Å². The number of benzene rings is 3. The Labute approximate surface area is 204 Å². The molecule has 3 aromatic carbocycles. The van der Waals surface area contributed by atoms with Gasteiger partial charge in [0.25, 0.3) is 11.6 Å². The van der Waals surface area contributed by atoms with Crippen LogP contribution in [0.2, 0.25) is 0 Å². The van der Waals surface area contributed by atoms with Gasteiger partial charge in [0, 0.05) is 12.1 Å². The summed E-state index contributed by atoms with van der Waals surface area (Å²) in [5.41, 5.74) is 4.16. The van der Waals surface area contributed by atoms with E-state index in [1.807, 2.05) is 6.92 Å². The Morgan fingerprint density at radius 1 is 1.18 bits per heavy atom. The third-order valence-electron chi connectivity index (χ3n) is 4.61. The van der Waals surface area contributed by atoms with Crippen LogP contribution in [0.15, 0.2) is 76.3 Å². The zero-order valence-corrected chi connectivity index (χ0v) is 19.8. The first-order chi connectivity index (χ1) is 16.4. The Kier molecular flexibility index (Phi) is 8.72. The molecule has 0 aliphatic carbocycles. The molecule has 0 saturated heterocycles. The van der Waals surface area contributed by atoms with Crippen molar-refractivity contribution in [3.05, 3.63) is 98.0 Å². The number of hydrogen-bond donors (Lipinski definition) is 2. The molecule has 0 heterocycles. The molecule has 34 heavy (non-hydrogen) atoms. The fraction of sp³-hybridized carbons (Fsp3) is 0.167. The molecule has 0 unspecified atom stereocenters. The molecule has 1 amide bonds. The maximum Gasteiger partial charge on any atom is 0.273 e. The molecular weight excluding hydrogens is 506 g/mol. The van der Waals surface area contributed by atoms with Crippen molar-refractivity contribution in [2.75, 3.05) is 6.61 Å². The van der Waals surface area contributed by atoms with E-state index < -0.39 is 16.9 Å². The molecule has 9 nitrogen and oxygen atoms in total. The third-order valence-corrected chi connectivity index (χ3v) is 5.20. The number of aliphatic hydroxyl groups excluding tert-OH is 1. The highest BCUT2D eigenvalue weighted by Gasteiger charge is 2.16. The predicted octanol–water partition coefficient (Wildman–Crippen LogP) is 4.52. The minimum Gasteiger partial charge on any atom is -0.490 e. The average Bonchev–Trinajstić information content (AvgIpc) is 2.84. The molecule has 0 saturated carbocycles. The molecule has 0 fully saturated rings. The molecule has 0 aliphatic rings. The zero-order valence-electron chi connectivity index (χ0n) is 18.2. The fourth-order valence-corrected chi connectivity index (χ4v) is 3.53. The first-order valence-electron chi connectivity index (χ1n) is 10.3. The number of nitrogens with zero attached hydrogens (tertiary/aromatic N) is 2. The van der Waals surface area contributed by atoms with Crippen LogP contribution in [0.3, 0.4) is 0 Å². The minimum absolute atomic E-state index is 0.00644. The minimum atomic E-state index is -1.33. The molecular formula is C24H22BrN3O6. The summed E-state index contributed by atoms with van der Waals surface area (Å²) in [6.07, 6.45) is 0.0856. The van der Waals surface area contributed by atoms with Gasteiger partial charge in [-0.2, -0.15) is 5.10 Å². The van der Waals surface area contributed by atoms with Crippen molar-refractivity contribution < 1.29 is 24.3 Å². The summed E-state index contributed by atoms with van der Waals surface area (Å²) in [5.74, 6) is 0.256. The first kappa shape index (κ1) is 24.9. The monoisotopic (exact) mass is 527 g/mol. The van der Waals surface area contributed by atoms with Gasteiger partial charge in [0.1, 0.15) is 6.61 Å². The number of carbonyl (C=O) groups is 1. The van der Waals surface area contributed by atoms with Crippen LogP contribution < -0.4 is 14.9 Å². The van der Waals surface area contributed by atoms with Gasteiger partial charge < -0.3 is 14.6 Å². The van der Waals surface area contributed by atoms with Crippen LogP contribution in [-0.2, 0) is 11.4 Å². The van der Waals surface area contributed by atoms with Crippen molar-refractivity contribution in [1.82, 2.24) is 5.43 Å². The average molecular weight is 528 g/mol. The number of nitro benzene ring substituents is 1. The van der Waals surface area contributed by atoms with Crippen LogP contribution in [0.1, 0.15) is 29.7 Å². The number of ether oxygens (including phenoxy) is 2. The maximum atomic E-state index is 12.1. The molecule has 0 aliphatic heterocycles. The molecule has 10 heteroatoms. The largest absolute Gasteiger partial charge is 0.490 e. The lowest BCUT2D eigenvalue weighted by Gasteiger charge is -2.14. The highest BCUT2D eigenvalue weighted by atomic mass is 79.9. The maximum absolute atomic E-state index is 12.1. The van der Waals surface area contributed by atoms with E-state index in [-0.39, 0.29) is 12.3 Å². The van der Waals surface area contributed by atoms with Gasteiger partial charge >= 0.3 is 0 Å². The van der Waals surface area contributed by atoms with Crippen molar-refractivity contribution in [1.29, 1.82) is 0 Å². The number of rotatable bonds is 10. The lowest BCUT2D eigenvalue weighted by atomic mass is 10.1. The molecule has 0 spiro atoms. The van der Waals surface area contributed by atoms with Gasteiger partial charge in [-0.25, -0.2) is 5.43 Å². The number of nitrogens with one attached hydrogen (secondary N) is 1. The van der Waals surface area contributed by atoms with Crippen molar-refractivity contribution in [2.24, 2.45) is 5.10 Å². The number of halogens is 1. The van der Waals surface area contributed by atoms with E-state index in [9.17, 15) is 20.0 Å². The number of aliphatic hydroxyl groups is 1. The molecule has 0 bridgehead atoms. The summed E-state index contributed by atoms with van der Waals surface area (Å²) in [6.45, 7) is 2.40. The van der Waals surface area contributed by atoms with E-state index >= 15 is 0 Å². The Hall–Kier alpha value is -3.76. The van der Waals surface area contributed by atoms with E-state index in [0.29, 0.717) is 33.7 Å². The lowest BCUT2D eigenvalue weighted by molar-refractivity contribution is -0.384. The van der Waals surface area contributed by atoms with Gasteiger partial charge in [0.05, 0.1) is 22.2 Å². The van der Waals surface area contributed by atoms with Crippen molar-refractivity contribution in [2.45, 2.75) is 19.6 Å². The summed E-state index contributed by atoms with van der Waals surface area (Å²) < 4.78 is 12.2. The number of amides is 1. The van der Waals surface area contributed by atoms with Crippen LogP contribution in [0.25, 0.3) is 0 Å². The van der Waals surface area contributed by atoms with E-state index in [2.05, 4.69) is 26.5 Å². The van der Waals surface area contributed by atoms with Crippen LogP contribution in [0, 0.1) is 10.1 Å². The second-order valence-electron chi connectivity index (χ2n) is 7.02. The third kappa shape index (κ3) is 6.63. The quantitative estimate of drug-likeness (QED) is 0.227. The zero-order chi connectivity index (χ0) is 24.5. The van der Waals surface area contributed by atoms with Gasteiger partial charge in [-0.1, -0.05) is 30.3 Å². The number of hydrazone groups is 1. The molecule has 1 atom stereocenters. The highest BCUT2D eigenvalue weighted by molar-refractivity contribution is 9.10. The van der Waals surface area contributed by atoms with Gasteiger partial charge in [-0.05, 0) is 63.8 Å².